The van der Waals surface area contributed by atoms with E-state index in [0.717, 1.165) is 5.69 Å². The number of anilines is 1. The van der Waals surface area contributed by atoms with Crippen LogP contribution in [0.5, 0.6) is 0 Å². The fourth-order valence-corrected chi connectivity index (χ4v) is 1.75. The highest BCUT2D eigenvalue weighted by Gasteiger charge is 2.10. The highest BCUT2D eigenvalue weighted by Crippen LogP contribution is 2.11. The van der Waals surface area contributed by atoms with Crippen LogP contribution in [-0.2, 0) is 13.5 Å². The molecule has 2 rings (SSSR count). The second-order valence-electron chi connectivity index (χ2n) is 4.02. The van der Waals surface area contributed by atoms with Crippen molar-refractivity contribution in [3.05, 3.63) is 42.0 Å². The minimum atomic E-state index is -0.205. The number of aryl methyl sites for hydroxylation is 1. The first kappa shape index (κ1) is 13.0. The number of hydrogen-bond donors (Lipinski definition) is 3. The van der Waals surface area contributed by atoms with Gasteiger partial charge in [-0.3, -0.25) is 20.3 Å². The quantitative estimate of drug-likeness (QED) is 0.522. The summed E-state index contributed by atoms with van der Waals surface area (Å²) in [5.74, 6) is 5.14. The monoisotopic (exact) mass is 260 g/mol. The summed E-state index contributed by atoms with van der Waals surface area (Å²) < 4.78 is 1.78. The first-order valence-electron chi connectivity index (χ1n) is 5.88. The lowest BCUT2D eigenvalue weighted by atomic mass is 10.2. The Morgan fingerprint density at radius 3 is 2.95 bits per heavy atom. The van der Waals surface area contributed by atoms with Gasteiger partial charge in [0.05, 0.1) is 11.3 Å². The lowest BCUT2D eigenvalue weighted by Gasteiger charge is -2.09. The van der Waals surface area contributed by atoms with E-state index in [4.69, 9.17) is 5.84 Å². The van der Waals surface area contributed by atoms with Gasteiger partial charge in [0.2, 0.25) is 0 Å². The van der Waals surface area contributed by atoms with Gasteiger partial charge < -0.3 is 10.7 Å². The van der Waals surface area contributed by atoms with Crippen LogP contribution >= 0.6 is 0 Å². The second-order valence-corrected chi connectivity index (χ2v) is 4.02. The van der Waals surface area contributed by atoms with Crippen LogP contribution < -0.4 is 16.6 Å². The molecule has 0 aromatic carbocycles. The Morgan fingerprint density at radius 2 is 2.26 bits per heavy atom. The minimum Gasteiger partial charge on any atom is -0.352 e. The van der Waals surface area contributed by atoms with Crippen molar-refractivity contribution >= 4 is 11.6 Å². The number of nitrogens with two attached hydrogens (primary N) is 1. The van der Waals surface area contributed by atoms with Gasteiger partial charge in [0.25, 0.3) is 5.91 Å². The van der Waals surface area contributed by atoms with Gasteiger partial charge in [0.1, 0.15) is 0 Å². The molecule has 0 fully saturated rings. The molecule has 2 aromatic rings. The Bertz CT molecular complexity index is 565. The van der Waals surface area contributed by atoms with Crippen LogP contribution in [0.4, 0.5) is 5.69 Å². The molecule has 7 heteroatoms. The molecule has 19 heavy (non-hydrogen) atoms. The SMILES string of the molecule is Cn1nccc1CCNC(=O)c1cnccc1NN. The average Bonchev–Trinajstić information content (AvgIpc) is 2.84. The average molecular weight is 260 g/mol. The van der Waals surface area contributed by atoms with Crippen LogP contribution in [0, 0.1) is 0 Å². The molecular weight excluding hydrogens is 244 g/mol. The lowest BCUT2D eigenvalue weighted by Crippen LogP contribution is -2.27. The molecule has 0 bridgehead atoms. The zero-order chi connectivity index (χ0) is 13.7. The lowest BCUT2D eigenvalue weighted by molar-refractivity contribution is 0.0954. The number of carbonyl (C=O) groups excluding carboxylic acids is 1. The van der Waals surface area contributed by atoms with Crippen molar-refractivity contribution in [1.82, 2.24) is 20.1 Å². The summed E-state index contributed by atoms with van der Waals surface area (Å²) in [5, 5.41) is 6.89. The number of aromatic nitrogens is 3. The van der Waals surface area contributed by atoms with Crippen molar-refractivity contribution in [1.29, 1.82) is 0 Å². The molecule has 7 nitrogen and oxygen atoms in total. The number of amides is 1. The summed E-state index contributed by atoms with van der Waals surface area (Å²) >= 11 is 0. The Labute approximate surface area is 110 Å². The summed E-state index contributed by atoms with van der Waals surface area (Å²) in [4.78, 5) is 15.9. The molecule has 100 valence electrons. The van der Waals surface area contributed by atoms with Crippen molar-refractivity contribution in [2.75, 3.05) is 12.0 Å². The predicted molar refractivity (Wildman–Crippen MR) is 71.3 cm³/mol. The van der Waals surface area contributed by atoms with Gasteiger partial charge in [-0.05, 0) is 12.1 Å². The molecule has 1 amide bonds. The van der Waals surface area contributed by atoms with Gasteiger partial charge >= 0.3 is 0 Å². The minimum absolute atomic E-state index is 0.205. The van der Waals surface area contributed by atoms with Gasteiger partial charge in [-0.25, -0.2) is 0 Å². The van der Waals surface area contributed by atoms with Crippen molar-refractivity contribution in [2.45, 2.75) is 6.42 Å². The van der Waals surface area contributed by atoms with Gasteiger partial charge in [0, 0.05) is 44.3 Å². The maximum absolute atomic E-state index is 12.0. The van der Waals surface area contributed by atoms with E-state index >= 15 is 0 Å². The van der Waals surface area contributed by atoms with Crippen LogP contribution in [0.15, 0.2) is 30.7 Å². The third kappa shape index (κ3) is 3.08. The van der Waals surface area contributed by atoms with E-state index in [1.54, 1.807) is 23.1 Å². The first-order chi connectivity index (χ1) is 9.22. The molecule has 2 aromatic heterocycles. The van der Waals surface area contributed by atoms with Crippen LogP contribution in [0.25, 0.3) is 0 Å². The zero-order valence-corrected chi connectivity index (χ0v) is 10.6. The first-order valence-corrected chi connectivity index (χ1v) is 5.88. The maximum atomic E-state index is 12.0. The molecule has 0 aliphatic carbocycles. The molecule has 0 radical (unpaired) electrons. The summed E-state index contributed by atoms with van der Waals surface area (Å²) in [5.41, 5.74) is 4.51. The Morgan fingerprint density at radius 1 is 1.42 bits per heavy atom. The van der Waals surface area contributed by atoms with E-state index in [0.29, 0.717) is 24.2 Å². The standard InChI is InChI=1S/C12H16N6O/c1-18-9(3-7-16-18)2-6-15-12(19)10-8-14-5-4-11(10)17-13/h3-5,7-8H,2,6,13H2,1H3,(H,14,17)(H,15,19). The Hall–Kier alpha value is -2.41. The molecule has 0 saturated carbocycles. The number of rotatable bonds is 5. The van der Waals surface area contributed by atoms with Gasteiger partial charge in [-0.1, -0.05) is 0 Å². The Balaban J connectivity index is 1.93. The van der Waals surface area contributed by atoms with Crippen LogP contribution in [0.2, 0.25) is 0 Å². The topological polar surface area (TPSA) is 97.9 Å². The number of hydrazine groups is 1. The molecule has 0 unspecified atom stereocenters. The molecular formula is C12H16N6O. The van der Waals surface area contributed by atoms with Crippen LogP contribution in [-0.4, -0.2) is 27.2 Å². The Kier molecular flexibility index (Phi) is 4.09. The summed E-state index contributed by atoms with van der Waals surface area (Å²) in [6, 6.07) is 3.57. The second kappa shape index (κ2) is 5.96. The summed E-state index contributed by atoms with van der Waals surface area (Å²) in [7, 11) is 1.87. The van der Waals surface area contributed by atoms with Crippen molar-refractivity contribution in [3.63, 3.8) is 0 Å². The summed E-state index contributed by atoms with van der Waals surface area (Å²) in [6.07, 6.45) is 5.50. The highest BCUT2D eigenvalue weighted by atomic mass is 16.1. The fourth-order valence-electron chi connectivity index (χ4n) is 1.75. The highest BCUT2D eigenvalue weighted by molar-refractivity contribution is 5.99. The van der Waals surface area contributed by atoms with E-state index < -0.39 is 0 Å². The zero-order valence-electron chi connectivity index (χ0n) is 10.6. The molecule has 0 aliphatic heterocycles. The molecule has 0 spiro atoms. The molecule has 0 atom stereocenters. The smallest absolute Gasteiger partial charge is 0.255 e. The van der Waals surface area contributed by atoms with E-state index in [-0.39, 0.29) is 5.91 Å². The number of nitrogens with zero attached hydrogens (tertiary/aromatic N) is 3. The summed E-state index contributed by atoms with van der Waals surface area (Å²) in [6.45, 7) is 0.525. The predicted octanol–water partition coefficient (Wildman–Crippen LogP) is 0.0732. The largest absolute Gasteiger partial charge is 0.352 e. The molecule has 4 N–H and O–H groups in total. The molecule has 0 aliphatic rings. The molecule has 0 saturated heterocycles. The third-order valence-corrected chi connectivity index (χ3v) is 2.81. The van der Waals surface area contributed by atoms with Crippen LogP contribution in [0.3, 0.4) is 0 Å². The third-order valence-electron chi connectivity index (χ3n) is 2.81. The van der Waals surface area contributed by atoms with E-state index in [2.05, 4.69) is 20.8 Å². The number of hydrogen-bond acceptors (Lipinski definition) is 5. The number of pyridine rings is 1. The van der Waals surface area contributed by atoms with E-state index in [1.807, 2.05) is 13.1 Å². The van der Waals surface area contributed by atoms with Gasteiger partial charge in [0.15, 0.2) is 0 Å². The number of nitrogen functional groups attached to an aromatic ring is 1. The maximum Gasteiger partial charge on any atom is 0.255 e. The number of nitrogens with one attached hydrogen (secondary N) is 2. The normalized spacial score (nSPS) is 10.2. The fraction of sp³-hybridized carbons (Fsp3) is 0.250. The van der Waals surface area contributed by atoms with E-state index in [1.165, 1.54) is 6.20 Å². The van der Waals surface area contributed by atoms with Gasteiger partial charge in [-0.2, -0.15) is 5.10 Å². The van der Waals surface area contributed by atoms with Crippen LogP contribution in [0.1, 0.15) is 16.1 Å². The number of carbonyl (C=O) groups is 1. The van der Waals surface area contributed by atoms with Crippen molar-refractivity contribution in [2.24, 2.45) is 12.9 Å². The van der Waals surface area contributed by atoms with Crippen molar-refractivity contribution < 1.29 is 4.79 Å². The van der Waals surface area contributed by atoms with Gasteiger partial charge in [-0.15, -0.1) is 0 Å². The van der Waals surface area contributed by atoms with E-state index in [9.17, 15) is 4.79 Å². The van der Waals surface area contributed by atoms with Crippen molar-refractivity contribution in [3.8, 4) is 0 Å². The molecule has 2 heterocycles.